The Bertz CT molecular complexity index is 603. The van der Waals surface area contributed by atoms with Crippen molar-refractivity contribution in [1.82, 2.24) is 4.90 Å². The van der Waals surface area contributed by atoms with E-state index in [1.54, 1.807) is 0 Å². The van der Waals surface area contributed by atoms with Gasteiger partial charge in [0.15, 0.2) is 0 Å². The summed E-state index contributed by atoms with van der Waals surface area (Å²) >= 11 is 0. The largest absolute Gasteiger partial charge is 0.326 e. The number of likely N-dealkylation sites (tertiary alicyclic amines) is 1. The zero-order valence-electron chi connectivity index (χ0n) is 13.4. The van der Waals surface area contributed by atoms with E-state index >= 15 is 0 Å². The van der Waals surface area contributed by atoms with E-state index in [1.165, 1.54) is 23.3 Å². The summed E-state index contributed by atoms with van der Waals surface area (Å²) < 4.78 is 13.0. The van der Waals surface area contributed by atoms with Gasteiger partial charge in [-0.15, -0.1) is 12.4 Å². The smallest absolute Gasteiger partial charge is 0.123 e. The van der Waals surface area contributed by atoms with E-state index < -0.39 is 0 Å². The van der Waals surface area contributed by atoms with E-state index in [9.17, 15) is 4.39 Å². The second-order valence-electron chi connectivity index (χ2n) is 6.35. The van der Waals surface area contributed by atoms with Gasteiger partial charge in [-0.3, -0.25) is 0 Å². The molecule has 0 saturated carbocycles. The third kappa shape index (κ3) is 4.31. The van der Waals surface area contributed by atoms with Crippen molar-refractivity contribution in [2.24, 2.45) is 5.73 Å². The molecule has 2 aromatic rings. The van der Waals surface area contributed by atoms with Crippen LogP contribution in [0.25, 0.3) is 0 Å². The van der Waals surface area contributed by atoms with Gasteiger partial charge >= 0.3 is 0 Å². The molecular formula is C19H24ClFN2. The standard InChI is InChI=1S/C19H23FN2.ClH/c1-14(15-7-9-17(20)10-8-15)11-22-12-18(19(21)13-22)16-5-3-2-4-6-16;/h2-10,14,18-19H,11-13,21H2,1H3;1H/t14?,18-,19+;/m0./s1. The van der Waals surface area contributed by atoms with Crippen molar-refractivity contribution >= 4 is 12.4 Å². The summed E-state index contributed by atoms with van der Waals surface area (Å²) in [7, 11) is 0. The highest BCUT2D eigenvalue weighted by molar-refractivity contribution is 5.85. The fourth-order valence-electron chi connectivity index (χ4n) is 3.40. The van der Waals surface area contributed by atoms with E-state index in [0.717, 1.165) is 19.6 Å². The van der Waals surface area contributed by atoms with E-state index in [0.29, 0.717) is 11.8 Å². The molecule has 0 spiro atoms. The third-order valence-corrected chi connectivity index (χ3v) is 4.64. The molecular weight excluding hydrogens is 311 g/mol. The quantitative estimate of drug-likeness (QED) is 0.922. The number of benzene rings is 2. The Labute approximate surface area is 143 Å². The van der Waals surface area contributed by atoms with Gasteiger partial charge in [0.25, 0.3) is 0 Å². The molecule has 3 atom stereocenters. The van der Waals surface area contributed by atoms with Gasteiger partial charge in [-0.2, -0.15) is 0 Å². The van der Waals surface area contributed by atoms with Gasteiger partial charge in [-0.1, -0.05) is 49.4 Å². The van der Waals surface area contributed by atoms with Crippen molar-refractivity contribution in [3.8, 4) is 0 Å². The van der Waals surface area contributed by atoms with E-state index in [2.05, 4.69) is 36.1 Å². The minimum atomic E-state index is -0.178. The first kappa shape index (κ1) is 17.9. The van der Waals surface area contributed by atoms with E-state index in [1.807, 2.05) is 18.2 Å². The first-order valence-electron chi connectivity index (χ1n) is 7.92. The van der Waals surface area contributed by atoms with E-state index in [4.69, 9.17) is 5.73 Å². The molecule has 2 N–H and O–H groups in total. The van der Waals surface area contributed by atoms with Gasteiger partial charge in [0.1, 0.15) is 5.82 Å². The second kappa shape index (κ2) is 7.91. The average molecular weight is 335 g/mol. The minimum absolute atomic E-state index is 0. The molecule has 124 valence electrons. The van der Waals surface area contributed by atoms with Crippen LogP contribution in [0, 0.1) is 5.82 Å². The van der Waals surface area contributed by atoms with Crippen molar-refractivity contribution in [2.45, 2.75) is 24.8 Å². The van der Waals surface area contributed by atoms with Crippen LogP contribution in [0.1, 0.15) is 29.9 Å². The predicted octanol–water partition coefficient (Wildman–Crippen LogP) is 3.78. The molecule has 2 aromatic carbocycles. The van der Waals surface area contributed by atoms with Crippen molar-refractivity contribution in [3.63, 3.8) is 0 Å². The SMILES string of the molecule is CC(CN1C[C@@H](N)[C@H](c2ccccc2)C1)c1ccc(F)cc1.Cl. The molecule has 1 aliphatic heterocycles. The monoisotopic (exact) mass is 334 g/mol. The predicted molar refractivity (Wildman–Crippen MR) is 95.7 cm³/mol. The molecule has 23 heavy (non-hydrogen) atoms. The molecule has 1 saturated heterocycles. The Morgan fingerprint density at radius 2 is 1.74 bits per heavy atom. The van der Waals surface area contributed by atoms with E-state index in [-0.39, 0.29) is 24.3 Å². The molecule has 1 fully saturated rings. The van der Waals surface area contributed by atoms with Gasteiger partial charge in [0.05, 0.1) is 0 Å². The summed E-state index contributed by atoms with van der Waals surface area (Å²) in [6.45, 7) is 5.07. The van der Waals surface area contributed by atoms with Crippen LogP contribution in [0.3, 0.4) is 0 Å². The van der Waals surface area contributed by atoms with Crippen LogP contribution in [-0.2, 0) is 0 Å². The molecule has 0 aliphatic carbocycles. The molecule has 2 nitrogen and oxygen atoms in total. The molecule has 0 radical (unpaired) electrons. The Kier molecular flexibility index (Phi) is 6.17. The molecule has 1 unspecified atom stereocenters. The lowest BCUT2D eigenvalue weighted by Gasteiger charge is -2.21. The Hall–Kier alpha value is -1.42. The molecule has 1 aliphatic rings. The number of nitrogens with zero attached hydrogens (tertiary/aromatic N) is 1. The summed E-state index contributed by atoms with van der Waals surface area (Å²) in [4.78, 5) is 2.43. The average Bonchev–Trinajstić information content (AvgIpc) is 2.89. The fourth-order valence-corrected chi connectivity index (χ4v) is 3.40. The molecule has 1 heterocycles. The van der Waals surface area contributed by atoms with Gasteiger partial charge in [0, 0.05) is 31.6 Å². The molecule has 4 heteroatoms. The van der Waals surface area contributed by atoms with Gasteiger partial charge < -0.3 is 10.6 Å². The summed E-state index contributed by atoms with van der Waals surface area (Å²) in [5, 5.41) is 0. The van der Waals surface area contributed by atoms with Gasteiger partial charge in [-0.25, -0.2) is 4.39 Å². The van der Waals surface area contributed by atoms with Crippen molar-refractivity contribution in [2.75, 3.05) is 19.6 Å². The summed E-state index contributed by atoms with van der Waals surface area (Å²) in [5.74, 6) is 0.604. The number of hydrogen-bond acceptors (Lipinski definition) is 2. The fraction of sp³-hybridized carbons (Fsp3) is 0.368. The number of halogens is 2. The lowest BCUT2D eigenvalue weighted by molar-refractivity contribution is 0.314. The zero-order chi connectivity index (χ0) is 15.5. The number of nitrogens with two attached hydrogens (primary N) is 1. The maximum absolute atomic E-state index is 13.0. The normalized spacial score (nSPS) is 22.6. The van der Waals surface area contributed by atoms with Crippen LogP contribution in [0.2, 0.25) is 0 Å². The van der Waals surface area contributed by atoms with Crippen LogP contribution in [0.5, 0.6) is 0 Å². The molecule has 0 bridgehead atoms. The molecule has 0 amide bonds. The Morgan fingerprint density at radius 3 is 2.39 bits per heavy atom. The third-order valence-electron chi connectivity index (χ3n) is 4.64. The number of rotatable bonds is 4. The highest BCUT2D eigenvalue weighted by Gasteiger charge is 2.31. The van der Waals surface area contributed by atoms with Crippen molar-refractivity contribution in [1.29, 1.82) is 0 Å². The molecule has 0 aromatic heterocycles. The lowest BCUT2D eigenvalue weighted by Crippen LogP contribution is -2.30. The van der Waals surface area contributed by atoms with Crippen molar-refractivity contribution < 1.29 is 4.39 Å². The number of hydrogen-bond donors (Lipinski definition) is 1. The Morgan fingerprint density at radius 1 is 1.09 bits per heavy atom. The minimum Gasteiger partial charge on any atom is -0.326 e. The van der Waals surface area contributed by atoms with Crippen LogP contribution in [0.15, 0.2) is 54.6 Å². The van der Waals surface area contributed by atoms with Crippen LogP contribution >= 0.6 is 12.4 Å². The summed E-state index contributed by atoms with van der Waals surface area (Å²) in [5.41, 5.74) is 8.85. The van der Waals surface area contributed by atoms with Crippen molar-refractivity contribution in [3.05, 3.63) is 71.5 Å². The maximum atomic E-state index is 13.0. The summed E-state index contributed by atoms with van der Waals surface area (Å²) in [6, 6.07) is 17.5. The highest BCUT2D eigenvalue weighted by Crippen LogP contribution is 2.28. The van der Waals surface area contributed by atoms with Gasteiger partial charge in [0.2, 0.25) is 0 Å². The zero-order valence-corrected chi connectivity index (χ0v) is 14.2. The first-order valence-corrected chi connectivity index (χ1v) is 7.92. The topological polar surface area (TPSA) is 29.3 Å². The second-order valence-corrected chi connectivity index (χ2v) is 6.35. The highest BCUT2D eigenvalue weighted by atomic mass is 35.5. The lowest BCUT2D eigenvalue weighted by atomic mass is 9.95. The molecule has 3 rings (SSSR count). The van der Waals surface area contributed by atoms with Crippen LogP contribution in [0.4, 0.5) is 4.39 Å². The first-order chi connectivity index (χ1) is 10.6. The maximum Gasteiger partial charge on any atom is 0.123 e. The van der Waals surface area contributed by atoms with Gasteiger partial charge in [-0.05, 0) is 29.2 Å². The Balaban J connectivity index is 0.00000192. The van der Waals surface area contributed by atoms with Crippen LogP contribution < -0.4 is 5.73 Å². The summed E-state index contributed by atoms with van der Waals surface area (Å²) in [6.07, 6.45) is 0. The van der Waals surface area contributed by atoms with Crippen LogP contribution in [-0.4, -0.2) is 30.6 Å².